The Morgan fingerprint density at radius 3 is 2.42 bits per heavy atom. The minimum atomic E-state index is -3.82. The van der Waals surface area contributed by atoms with Crippen molar-refractivity contribution in [1.29, 1.82) is 0 Å². The van der Waals surface area contributed by atoms with Crippen LogP contribution in [-0.4, -0.2) is 28.0 Å². The van der Waals surface area contributed by atoms with Gasteiger partial charge >= 0.3 is 0 Å². The Bertz CT molecular complexity index is 1150. The Hall–Kier alpha value is -3.52. The molecule has 8 heteroatoms. The van der Waals surface area contributed by atoms with Gasteiger partial charge in [-0.25, -0.2) is 8.42 Å². The summed E-state index contributed by atoms with van der Waals surface area (Å²) in [5.41, 5.74) is 1.52. The Morgan fingerprint density at radius 2 is 1.71 bits per heavy atom. The van der Waals surface area contributed by atoms with Gasteiger partial charge < -0.3 is 14.8 Å². The van der Waals surface area contributed by atoms with Gasteiger partial charge in [0.05, 0.1) is 18.6 Å². The van der Waals surface area contributed by atoms with Crippen molar-refractivity contribution in [3.63, 3.8) is 0 Å². The van der Waals surface area contributed by atoms with Gasteiger partial charge in [-0.3, -0.25) is 9.52 Å². The number of benzene rings is 3. The van der Waals surface area contributed by atoms with Crippen LogP contribution in [0.1, 0.15) is 22.8 Å². The van der Waals surface area contributed by atoms with Gasteiger partial charge in [0.2, 0.25) is 0 Å². The van der Waals surface area contributed by atoms with Crippen molar-refractivity contribution in [2.75, 3.05) is 18.4 Å². The highest BCUT2D eigenvalue weighted by Gasteiger charge is 2.16. The minimum absolute atomic E-state index is 0.00656. The lowest BCUT2D eigenvalue weighted by Crippen LogP contribution is -2.23. The van der Waals surface area contributed by atoms with Crippen LogP contribution < -0.4 is 19.5 Å². The number of nitrogens with one attached hydrogen (secondary N) is 2. The Kier molecular flexibility index (Phi) is 7.15. The van der Waals surface area contributed by atoms with Crippen LogP contribution >= 0.6 is 0 Å². The number of sulfonamides is 1. The number of amides is 1. The molecule has 0 saturated heterocycles. The molecule has 2 N–H and O–H groups in total. The quantitative estimate of drug-likeness (QED) is 0.528. The summed E-state index contributed by atoms with van der Waals surface area (Å²) in [4.78, 5) is 12.6. The maximum absolute atomic E-state index is 12.6. The first kappa shape index (κ1) is 22.2. The Labute approximate surface area is 182 Å². The topological polar surface area (TPSA) is 93.7 Å². The molecule has 0 radical (unpaired) electrons. The third-order valence-electron chi connectivity index (χ3n) is 4.41. The average Bonchev–Trinajstić information content (AvgIpc) is 2.78. The van der Waals surface area contributed by atoms with Crippen LogP contribution in [0, 0.1) is 0 Å². The second kappa shape index (κ2) is 9.99. The summed E-state index contributed by atoms with van der Waals surface area (Å²) in [5, 5.41) is 2.80. The summed E-state index contributed by atoms with van der Waals surface area (Å²) in [6, 6.07) is 19.9. The Morgan fingerprint density at radius 1 is 0.935 bits per heavy atom. The SMILES string of the molecule is CCOc1cc(CNC(=O)c2cccc(S(=O)(=O)Nc3ccccc3)c2)ccc1OC. The van der Waals surface area contributed by atoms with Crippen LogP contribution in [0.15, 0.2) is 77.7 Å². The van der Waals surface area contributed by atoms with Crippen molar-refractivity contribution in [3.8, 4) is 11.5 Å². The molecular formula is C23H24N2O5S. The summed E-state index contributed by atoms with van der Waals surface area (Å²) in [6.07, 6.45) is 0. The van der Waals surface area contributed by atoms with Crippen molar-refractivity contribution in [1.82, 2.24) is 5.32 Å². The van der Waals surface area contributed by atoms with E-state index in [4.69, 9.17) is 9.47 Å². The van der Waals surface area contributed by atoms with E-state index in [0.717, 1.165) is 5.56 Å². The zero-order valence-electron chi connectivity index (χ0n) is 17.3. The highest BCUT2D eigenvalue weighted by atomic mass is 32.2. The van der Waals surface area contributed by atoms with Crippen LogP contribution in [-0.2, 0) is 16.6 Å². The van der Waals surface area contributed by atoms with Crippen molar-refractivity contribution in [3.05, 3.63) is 83.9 Å². The number of ether oxygens (including phenoxy) is 2. The number of rotatable bonds is 9. The number of anilines is 1. The summed E-state index contributed by atoms with van der Waals surface area (Å²) in [7, 11) is -2.25. The van der Waals surface area contributed by atoms with Crippen molar-refractivity contribution < 1.29 is 22.7 Å². The fourth-order valence-corrected chi connectivity index (χ4v) is 4.01. The molecule has 0 aliphatic heterocycles. The summed E-state index contributed by atoms with van der Waals surface area (Å²) < 4.78 is 38.6. The third-order valence-corrected chi connectivity index (χ3v) is 5.79. The monoisotopic (exact) mass is 440 g/mol. The van der Waals surface area contributed by atoms with E-state index in [1.54, 1.807) is 55.6 Å². The van der Waals surface area contributed by atoms with E-state index >= 15 is 0 Å². The van der Waals surface area contributed by atoms with Crippen molar-refractivity contribution >= 4 is 21.6 Å². The number of hydrogen-bond acceptors (Lipinski definition) is 5. The lowest BCUT2D eigenvalue weighted by Gasteiger charge is -2.12. The second-order valence-electron chi connectivity index (χ2n) is 6.60. The normalized spacial score (nSPS) is 10.9. The lowest BCUT2D eigenvalue weighted by molar-refractivity contribution is 0.0950. The molecule has 3 aromatic carbocycles. The van der Waals surface area contributed by atoms with E-state index in [-0.39, 0.29) is 22.9 Å². The van der Waals surface area contributed by atoms with E-state index < -0.39 is 10.0 Å². The molecule has 0 unspecified atom stereocenters. The van der Waals surface area contributed by atoms with Crippen LogP contribution in [0.4, 0.5) is 5.69 Å². The first-order valence-electron chi connectivity index (χ1n) is 9.69. The third kappa shape index (κ3) is 5.76. The predicted molar refractivity (Wildman–Crippen MR) is 119 cm³/mol. The van der Waals surface area contributed by atoms with Gasteiger partial charge in [-0.1, -0.05) is 30.3 Å². The average molecular weight is 441 g/mol. The van der Waals surface area contributed by atoms with Crippen LogP contribution in [0.3, 0.4) is 0 Å². The highest BCUT2D eigenvalue weighted by Crippen LogP contribution is 2.28. The number of hydrogen-bond donors (Lipinski definition) is 2. The van der Waals surface area contributed by atoms with E-state index in [9.17, 15) is 13.2 Å². The smallest absolute Gasteiger partial charge is 0.261 e. The van der Waals surface area contributed by atoms with Crippen LogP contribution in [0.25, 0.3) is 0 Å². The van der Waals surface area contributed by atoms with Gasteiger partial charge in [-0.15, -0.1) is 0 Å². The molecule has 0 aliphatic rings. The number of para-hydroxylation sites is 1. The van der Waals surface area contributed by atoms with E-state index in [1.807, 2.05) is 13.0 Å². The number of carbonyl (C=O) groups excluding carboxylic acids is 1. The van der Waals surface area contributed by atoms with Gasteiger partial charge in [0.1, 0.15) is 0 Å². The maximum Gasteiger partial charge on any atom is 0.261 e. The fourth-order valence-electron chi connectivity index (χ4n) is 2.91. The molecule has 1 amide bonds. The van der Waals surface area contributed by atoms with E-state index in [0.29, 0.717) is 23.8 Å². The second-order valence-corrected chi connectivity index (χ2v) is 8.28. The zero-order valence-corrected chi connectivity index (χ0v) is 18.1. The molecule has 0 fully saturated rings. The molecule has 0 aliphatic carbocycles. The van der Waals surface area contributed by atoms with E-state index in [1.165, 1.54) is 18.2 Å². The largest absolute Gasteiger partial charge is 0.493 e. The highest BCUT2D eigenvalue weighted by molar-refractivity contribution is 7.92. The molecule has 3 rings (SSSR count). The molecule has 0 heterocycles. The Balaban J connectivity index is 1.71. The molecule has 0 bridgehead atoms. The van der Waals surface area contributed by atoms with Crippen LogP contribution in [0.2, 0.25) is 0 Å². The molecule has 0 spiro atoms. The molecular weight excluding hydrogens is 416 g/mol. The van der Waals surface area contributed by atoms with Crippen molar-refractivity contribution in [2.45, 2.75) is 18.4 Å². The molecule has 31 heavy (non-hydrogen) atoms. The van der Waals surface area contributed by atoms with Gasteiger partial charge in [0.25, 0.3) is 15.9 Å². The predicted octanol–water partition coefficient (Wildman–Crippen LogP) is 3.82. The van der Waals surface area contributed by atoms with Gasteiger partial charge in [0, 0.05) is 17.8 Å². The molecule has 0 atom stereocenters. The number of carbonyl (C=O) groups is 1. The summed E-state index contributed by atoms with van der Waals surface area (Å²) in [5.74, 6) is 0.822. The summed E-state index contributed by atoms with van der Waals surface area (Å²) >= 11 is 0. The molecule has 3 aromatic rings. The first-order valence-corrected chi connectivity index (χ1v) is 11.2. The van der Waals surface area contributed by atoms with E-state index in [2.05, 4.69) is 10.0 Å². The van der Waals surface area contributed by atoms with Crippen LogP contribution in [0.5, 0.6) is 11.5 Å². The van der Waals surface area contributed by atoms with Gasteiger partial charge in [0.15, 0.2) is 11.5 Å². The molecule has 0 aromatic heterocycles. The van der Waals surface area contributed by atoms with Crippen molar-refractivity contribution in [2.24, 2.45) is 0 Å². The molecule has 7 nitrogen and oxygen atoms in total. The lowest BCUT2D eigenvalue weighted by atomic mass is 10.1. The molecule has 0 saturated carbocycles. The van der Waals surface area contributed by atoms with Gasteiger partial charge in [-0.05, 0) is 55.0 Å². The van der Waals surface area contributed by atoms with Gasteiger partial charge in [-0.2, -0.15) is 0 Å². The first-order chi connectivity index (χ1) is 14.9. The number of methoxy groups -OCH3 is 1. The molecule has 162 valence electrons. The maximum atomic E-state index is 12.6. The minimum Gasteiger partial charge on any atom is -0.493 e. The zero-order chi connectivity index (χ0) is 22.3. The standard InChI is InChI=1S/C23H24N2O5S/c1-3-30-22-14-17(12-13-21(22)29-2)16-24-23(26)18-8-7-11-20(15-18)31(27,28)25-19-9-5-4-6-10-19/h4-15,25H,3,16H2,1-2H3,(H,24,26). The summed E-state index contributed by atoms with van der Waals surface area (Å²) in [6.45, 7) is 2.62. The fraction of sp³-hybridized carbons (Fsp3) is 0.174.